The molecule has 146 valence electrons. The van der Waals surface area contributed by atoms with Gasteiger partial charge in [-0.3, -0.25) is 9.20 Å². The van der Waals surface area contributed by atoms with Crippen LogP contribution in [0.1, 0.15) is 27.6 Å². The molecule has 0 saturated heterocycles. The molecule has 29 heavy (non-hydrogen) atoms. The first-order valence-corrected chi connectivity index (χ1v) is 9.01. The summed E-state index contributed by atoms with van der Waals surface area (Å²) in [6, 6.07) is 17.4. The fourth-order valence-electron chi connectivity index (χ4n) is 2.78. The number of esters is 1. The van der Waals surface area contributed by atoms with Gasteiger partial charge in [-0.25, -0.2) is 9.78 Å². The standard InChI is InChI=1S/C22H18N2O5/c1-15-7-10-20-23-16(11-21(25)24(20)12-15)13-28-22(26)19-9-8-18(29-19)14-27-17-5-3-2-4-6-17/h2-12H,13-14H2,1H3. The molecule has 7 nitrogen and oxygen atoms in total. The van der Waals surface area contributed by atoms with Crippen molar-refractivity contribution in [2.75, 3.05) is 0 Å². The van der Waals surface area contributed by atoms with Crippen molar-refractivity contribution in [2.45, 2.75) is 20.1 Å². The highest BCUT2D eigenvalue weighted by Crippen LogP contribution is 2.15. The number of ether oxygens (including phenoxy) is 2. The third-order valence-corrected chi connectivity index (χ3v) is 4.20. The second-order valence-electron chi connectivity index (χ2n) is 6.46. The van der Waals surface area contributed by atoms with Crippen molar-refractivity contribution in [3.63, 3.8) is 0 Å². The van der Waals surface area contributed by atoms with E-state index in [1.165, 1.54) is 16.5 Å². The van der Waals surface area contributed by atoms with Gasteiger partial charge in [0, 0.05) is 12.3 Å². The monoisotopic (exact) mass is 390 g/mol. The van der Waals surface area contributed by atoms with Crippen molar-refractivity contribution in [3.05, 3.63) is 100.0 Å². The van der Waals surface area contributed by atoms with Gasteiger partial charge < -0.3 is 13.9 Å². The number of para-hydroxylation sites is 1. The number of carbonyl (C=O) groups is 1. The predicted molar refractivity (Wildman–Crippen MR) is 105 cm³/mol. The van der Waals surface area contributed by atoms with E-state index < -0.39 is 5.97 Å². The van der Waals surface area contributed by atoms with Crippen molar-refractivity contribution in [1.29, 1.82) is 0 Å². The first-order valence-electron chi connectivity index (χ1n) is 9.01. The Hall–Kier alpha value is -3.87. The molecule has 4 aromatic rings. The minimum absolute atomic E-state index is 0.0600. The fourth-order valence-corrected chi connectivity index (χ4v) is 2.78. The molecule has 1 aromatic carbocycles. The molecule has 0 spiro atoms. The SMILES string of the molecule is Cc1ccc2nc(COC(=O)c3ccc(COc4ccccc4)o3)cc(=O)n2c1. The highest BCUT2D eigenvalue weighted by Gasteiger charge is 2.14. The van der Waals surface area contributed by atoms with Crippen molar-refractivity contribution in [3.8, 4) is 5.75 Å². The summed E-state index contributed by atoms with van der Waals surface area (Å²) in [5.74, 6) is 0.627. The van der Waals surface area contributed by atoms with E-state index in [1.807, 2.05) is 43.3 Å². The van der Waals surface area contributed by atoms with Crippen molar-refractivity contribution in [2.24, 2.45) is 0 Å². The first-order chi connectivity index (χ1) is 14.1. The number of furan rings is 1. The van der Waals surface area contributed by atoms with Crippen LogP contribution in [0, 0.1) is 6.92 Å². The third-order valence-electron chi connectivity index (χ3n) is 4.20. The van der Waals surface area contributed by atoms with Crippen LogP contribution in [-0.2, 0) is 18.0 Å². The summed E-state index contributed by atoms with van der Waals surface area (Å²) in [6.07, 6.45) is 1.71. The van der Waals surface area contributed by atoms with Crippen molar-refractivity contribution >= 4 is 11.6 Å². The van der Waals surface area contributed by atoms with Crippen LogP contribution in [0.2, 0.25) is 0 Å². The van der Waals surface area contributed by atoms with Crippen LogP contribution in [0.25, 0.3) is 5.65 Å². The highest BCUT2D eigenvalue weighted by molar-refractivity contribution is 5.86. The lowest BCUT2D eigenvalue weighted by atomic mass is 10.3. The molecule has 0 saturated carbocycles. The Morgan fingerprint density at radius 3 is 2.72 bits per heavy atom. The second-order valence-corrected chi connectivity index (χ2v) is 6.46. The molecule has 7 heteroatoms. The van der Waals surface area contributed by atoms with Crippen LogP contribution < -0.4 is 10.3 Å². The highest BCUT2D eigenvalue weighted by atomic mass is 16.5. The summed E-state index contributed by atoms with van der Waals surface area (Å²) in [6.45, 7) is 1.96. The van der Waals surface area contributed by atoms with Crippen LogP contribution in [-0.4, -0.2) is 15.4 Å². The van der Waals surface area contributed by atoms with E-state index in [1.54, 1.807) is 18.3 Å². The van der Waals surface area contributed by atoms with Crippen LogP contribution in [0.3, 0.4) is 0 Å². The number of hydrogen-bond donors (Lipinski definition) is 0. The number of carbonyl (C=O) groups excluding carboxylic acids is 1. The number of rotatable bonds is 6. The summed E-state index contributed by atoms with van der Waals surface area (Å²) in [5.41, 5.74) is 1.58. The van der Waals surface area contributed by atoms with Crippen LogP contribution in [0.5, 0.6) is 5.75 Å². The quantitative estimate of drug-likeness (QED) is 0.469. The molecule has 0 fully saturated rings. The molecule has 0 aliphatic carbocycles. The Labute approximate surface area is 166 Å². The van der Waals surface area contributed by atoms with Gasteiger partial charge in [-0.1, -0.05) is 24.3 Å². The molecular formula is C22H18N2O5. The topological polar surface area (TPSA) is 83.0 Å². The van der Waals surface area contributed by atoms with Gasteiger partial charge in [-0.05, 0) is 42.8 Å². The molecular weight excluding hydrogens is 372 g/mol. The summed E-state index contributed by atoms with van der Waals surface area (Å²) in [5, 5.41) is 0. The van der Waals surface area contributed by atoms with Gasteiger partial charge in [-0.15, -0.1) is 0 Å². The van der Waals surface area contributed by atoms with Gasteiger partial charge in [0.15, 0.2) is 0 Å². The number of nitrogens with zero attached hydrogens (tertiary/aromatic N) is 2. The Kier molecular flexibility index (Phi) is 5.11. The average Bonchev–Trinajstić information content (AvgIpc) is 3.21. The van der Waals surface area contributed by atoms with Crippen molar-refractivity contribution in [1.82, 2.24) is 9.38 Å². The van der Waals surface area contributed by atoms with Gasteiger partial charge in [0.05, 0.1) is 5.69 Å². The molecule has 4 rings (SSSR count). The number of fused-ring (bicyclic) bond motifs is 1. The van der Waals surface area contributed by atoms with E-state index in [-0.39, 0.29) is 24.5 Å². The molecule has 0 amide bonds. The summed E-state index contributed by atoms with van der Waals surface area (Å²) in [4.78, 5) is 28.8. The summed E-state index contributed by atoms with van der Waals surface area (Å²) >= 11 is 0. The van der Waals surface area contributed by atoms with E-state index in [4.69, 9.17) is 13.9 Å². The molecule has 0 atom stereocenters. The summed E-state index contributed by atoms with van der Waals surface area (Å²) < 4.78 is 17.7. The number of benzene rings is 1. The molecule has 0 unspecified atom stereocenters. The lowest BCUT2D eigenvalue weighted by Gasteiger charge is -2.06. The number of hydrogen-bond acceptors (Lipinski definition) is 6. The molecule has 0 aliphatic rings. The number of aromatic nitrogens is 2. The van der Waals surface area contributed by atoms with E-state index in [0.29, 0.717) is 22.9 Å². The first kappa shape index (κ1) is 18.5. The molecule has 0 radical (unpaired) electrons. The molecule has 0 bridgehead atoms. The maximum atomic E-state index is 12.2. The van der Waals surface area contributed by atoms with Gasteiger partial charge in [0.2, 0.25) is 5.76 Å². The molecule has 0 N–H and O–H groups in total. The van der Waals surface area contributed by atoms with Gasteiger partial charge in [0.1, 0.15) is 30.4 Å². The van der Waals surface area contributed by atoms with E-state index >= 15 is 0 Å². The number of aryl methyl sites for hydroxylation is 1. The smallest absolute Gasteiger partial charge is 0.374 e. The zero-order valence-corrected chi connectivity index (χ0v) is 15.7. The van der Waals surface area contributed by atoms with E-state index in [0.717, 1.165) is 5.56 Å². The van der Waals surface area contributed by atoms with Gasteiger partial charge >= 0.3 is 5.97 Å². The summed E-state index contributed by atoms with van der Waals surface area (Å²) in [7, 11) is 0. The second kappa shape index (κ2) is 8.02. The Morgan fingerprint density at radius 1 is 1.07 bits per heavy atom. The fraction of sp³-hybridized carbons (Fsp3) is 0.136. The largest absolute Gasteiger partial charge is 0.486 e. The Bertz CT molecular complexity index is 1210. The average molecular weight is 390 g/mol. The maximum Gasteiger partial charge on any atom is 0.374 e. The zero-order valence-electron chi connectivity index (χ0n) is 15.7. The lowest BCUT2D eigenvalue weighted by Crippen LogP contribution is -2.16. The molecule has 0 aliphatic heterocycles. The third kappa shape index (κ3) is 4.35. The van der Waals surface area contributed by atoms with Crippen LogP contribution >= 0.6 is 0 Å². The molecule has 3 heterocycles. The lowest BCUT2D eigenvalue weighted by molar-refractivity contribution is 0.0427. The van der Waals surface area contributed by atoms with Crippen LogP contribution in [0.4, 0.5) is 0 Å². The van der Waals surface area contributed by atoms with Gasteiger partial charge in [0.25, 0.3) is 5.56 Å². The Morgan fingerprint density at radius 2 is 1.90 bits per heavy atom. The Balaban J connectivity index is 1.39. The number of pyridine rings is 1. The van der Waals surface area contributed by atoms with Crippen molar-refractivity contribution < 1.29 is 18.7 Å². The molecule has 3 aromatic heterocycles. The maximum absolute atomic E-state index is 12.2. The van der Waals surface area contributed by atoms with Crippen LogP contribution in [0.15, 0.2) is 76.1 Å². The minimum Gasteiger partial charge on any atom is -0.486 e. The van der Waals surface area contributed by atoms with E-state index in [9.17, 15) is 9.59 Å². The van der Waals surface area contributed by atoms with E-state index in [2.05, 4.69) is 4.98 Å². The van der Waals surface area contributed by atoms with Gasteiger partial charge in [-0.2, -0.15) is 0 Å². The minimum atomic E-state index is -0.637. The predicted octanol–water partition coefficient (Wildman–Crippen LogP) is 3.53. The normalized spacial score (nSPS) is 10.8. The zero-order chi connectivity index (χ0) is 20.2.